The molecule has 8 nitrogen and oxygen atoms in total. The summed E-state index contributed by atoms with van der Waals surface area (Å²) in [6, 6.07) is 3.30. The van der Waals surface area contributed by atoms with E-state index in [1.807, 2.05) is 6.92 Å². The second-order valence-electron chi connectivity index (χ2n) is 4.59. The molecule has 110 valence electrons. The van der Waals surface area contributed by atoms with Crippen LogP contribution in [0.1, 0.15) is 6.92 Å². The number of primary sulfonamides is 1. The highest BCUT2D eigenvalue weighted by atomic mass is 32.2. The molecule has 0 spiro atoms. The summed E-state index contributed by atoms with van der Waals surface area (Å²) in [6.07, 6.45) is 0.123. The molecule has 1 heterocycles. The first-order valence-electron chi connectivity index (χ1n) is 5.84. The SMILES string of the molecule is CC(COc1ccc(S(N)(=O)=O)cc1[N+](=O)[O-])C1CO1. The van der Waals surface area contributed by atoms with E-state index >= 15 is 0 Å². The normalized spacial score (nSPS) is 19.4. The average Bonchev–Trinajstić information content (AvgIpc) is 3.18. The lowest BCUT2D eigenvalue weighted by Crippen LogP contribution is -2.15. The fourth-order valence-corrected chi connectivity index (χ4v) is 2.19. The topological polar surface area (TPSA) is 125 Å². The minimum absolute atomic E-state index is 0.00917. The van der Waals surface area contributed by atoms with Gasteiger partial charge in [0.15, 0.2) is 5.75 Å². The van der Waals surface area contributed by atoms with Gasteiger partial charge in [-0.05, 0) is 12.1 Å². The van der Waals surface area contributed by atoms with Gasteiger partial charge < -0.3 is 9.47 Å². The monoisotopic (exact) mass is 302 g/mol. The Bertz CT molecular complexity index is 626. The molecule has 2 rings (SSSR count). The number of ether oxygens (including phenoxy) is 2. The van der Waals surface area contributed by atoms with Crippen LogP contribution in [0.2, 0.25) is 0 Å². The Morgan fingerprint density at radius 2 is 2.25 bits per heavy atom. The van der Waals surface area contributed by atoms with Gasteiger partial charge in [-0.15, -0.1) is 0 Å². The van der Waals surface area contributed by atoms with Crippen LogP contribution in [0, 0.1) is 16.0 Å². The standard InChI is InChI=1S/C11H14N2O6S/c1-7(11-6-19-11)5-18-10-3-2-8(20(12,16)17)4-9(10)13(14)15/h2-4,7,11H,5-6H2,1H3,(H2,12,16,17). The average molecular weight is 302 g/mol. The highest BCUT2D eigenvalue weighted by Crippen LogP contribution is 2.30. The van der Waals surface area contributed by atoms with Crippen LogP contribution in [-0.4, -0.2) is 32.7 Å². The van der Waals surface area contributed by atoms with Crippen molar-refractivity contribution in [1.82, 2.24) is 0 Å². The Hall–Kier alpha value is -1.71. The molecule has 1 fully saturated rings. The van der Waals surface area contributed by atoms with Crippen molar-refractivity contribution in [2.45, 2.75) is 17.9 Å². The van der Waals surface area contributed by atoms with E-state index in [2.05, 4.69) is 0 Å². The number of sulfonamides is 1. The molecule has 0 amide bonds. The molecule has 2 unspecified atom stereocenters. The second-order valence-corrected chi connectivity index (χ2v) is 6.15. The van der Waals surface area contributed by atoms with E-state index in [0.29, 0.717) is 6.61 Å². The van der Waals surface area contributed by atoms with E-state index in [4.69, 9.17) is 14.6 Å². The Morgan fingerprint density at radius 1 is 1.60 bits per heavy atom. The van der Waals surface area contributed by atoms with Gasteiger partial charge in [0.1, 0.15) is 0 Å². The third kappa shape index (κ3) is 3.44. The molecule has 1 aliphatic rings. The van der Waals surface area contributed by atoms with Crippen LogP contribution in [0.5, 0.6) is 5.75 Å². The fourth-order valence-electron chi connectivity index (χ4n) is 1.65. The largest absolute Gasteiger partial charge is 0.486 e. The molecule has 1 aliphatic heterocycles. The zero-order chi connectivity index (χ0) is 14.9. The summed E-state index contributed by atoms with van der Waals surface area (Å²) in [7, 11) is -3.99. The molecule has 1 saturated heterocycles. The maximum atomic E-state index is 11.2. The highest BCUT2D eigenvalue weighted by Gasteiger charge is 2.30. The molecule has 1 aromatic carbocycles. The van der Waals surface area contributed by atoms with Gasteiger partial charge in [-0.2, -0.15) is 0 Å². The minimum atomic E-state index is -3.99. The molecule has 2 atom stereocenters. The van der Waals surface area contributed by atoms with E-state index in [0.717, 1.165) is 6.07 Å². The summed E-state index contributed by atoms with van der Waals surface area (Å²) in [5, 5.41) is 15.9. The summed E-state index contributed by atoms with van der Waals surface area (Å²) in [5.41, 5.74) is -0.430. The van der Waals surface area contributed by atoms with Crippen molar-refractivity contribution in [2.75, 3.05) is 13.2 Å². The Labute approximate surface area is 115 Å². The summed E-state index contributed by atoms with van der Waals surface area (Å²) in [6.45, 7) is 2.82. The van der Waals surface area contributed by atoms with Crippen LogP contribution in [0.25, 0.3) is 0 Å². The molecule has 2 N–H and O–H groups in total. The Balaban J connectivity index is 2.21. The summed E-state index contributed by atoms with van der Waals surface area (Å²) in [5.74, 6) is 0.113. The van der Waals surface area contributed by atoms with Crippen molar-refractivity contribution in [2.24, 2.45) is 11.1 Å². The molecular formula is C11H14N2O6S. The summed E-state index contributed by atoms with van der Waals surface area (Å²) in [4.78, 5) is 9.93. The number of benzene rings is 1. The molecular weight excluding hydrogens is 288 g/mol. The molecule has 0 aromatic heterocycles. The third-order valence-corrected chi connectivity index (χ3v) is 3.86. The van der Waals surface area contributed by atoms with Gasteiger partial charge in [0.25, 0.3) is 0 Å². The van der Waals surface area contributed by atoms with E-state index in [1.54, 1.807) is 0 Å². The molecule has 0 aliphatic carbocycles. The first-order valence-corrected chi connectivity index (χ1v) is 7.39. The van der Waals surface area contributed by atoms with Gasteiger partial charge in [0.05, 0.1) is 29.1 Å². The molecule has 1 aromatic rings. The predicted molar refractivity (Wildman–Crippen MR) is 68.9 cm³/mol. The van der Waals surface area contributed by atoms with Gasteiger partial charge in [0.2, 0.25) is 10.0 Å². The van der Waals surface area contributed by atoms with Crippen LogP contribution >= 0.6 is 0 Å². The van der Waals surface area contributed by atoms with Crippen LogP contribution in [-0.2, 0) is 14.8 Å². The smallest absolute Gasteiger partial charge is 0.312 e. The van der Waals surface area contributed by atoms with Crippen molar-refractivity contribution >= 4 is 15.7 Å². The quantitative estimate of drug-likeness (QED) is 0.467. The van der Waals surface area contributed by atoms with Crippen molar-refractivity contribution < 1.29 is 22.8 Å². The molecule has 0 radical (unpaired) electrons. The van der Waals surface area contributed by atoms with Gasteiger partial charge in [0, 0.05) is 12.0 Å². The fraction of sp³-hybridized carbons (Fsp3) is 0.455. The van der Waals surface area contributed by atoms with E-state index in [9.17, 15) is 18.5 Å². The van der Waals surface area contributed by atoms with E-state index < -0.39 is 20.6 Å². The lowest BCUT2D eigenvalue weighted by molar-refractivity contribution is -0.386. The van der Waals surface area contributed by atoms with Crippen molar-refractivity contribution in [3.8, 4) is 5.75 Å². The maximum Gasteiger partial charge on any atom is 0.312 e. The second kappa shape index (κ2) is 5.35. The molecule has 20 heavy (non-hydrogen) atoms. The number of nitrogens with two attached hydrogens (primary N) is 1. The van der Waals surface area contributed by atoms with Gasteiger partial charge in [-0.25, -0.2) is 13.6 Å². The first-order chi connectivity index (χ1) is 9.29. The number of epoxide rings is 1. The maximum absolute atomic E-state index is 11.2. The van der Waals surface area contributed by atoms with E-state index in [1.165, 1.54) is 12.1 Å². The van der Waals surface area contributed by atoms with Crippen molar-refractivity contribution in [1.29, 1.82) is 0 Å². The number of nitro benzene ring substituents is 1. The van der Waals surface area contributed by atoms with Gasteiger partial charge in [-0.1, -0.05) is 6.92 Å². The number of hydrogen-bond donors (Lipinski definition) is 1. The van der Waals surface area contributed by atoms with Crippen LogP contribution in [0.15, 0.2) is 23.1 Å². The molecule has 0 saturated carbocycles. The van der Waals surface area contributed by atoms with Crippen LogP contribution in [0.3, 0.4) is 0 Å². The van der Waals surface area contributed by atoms with Gasteiger partial charge >= 0.3 is 5.69 Å². The molecule has 0 bridgehead atoms. The Kier molecular flexibility index (Phi) is 3.93. The third-order valence-electron chi connectivity index (χ3n) is 2.95. The number of rotatable bonds is 6. The zero-order valence-electron chi connectivity index (χ0n) is 10.7. The lowest BCUT2D eigenvalue weighted by atomic mass is 10.1. The predicted octanol–water partition coefficient (Wildman–Crippen LogP) is 0.656. The minimum Gasteiger partial charge on any atom is -0.486 e. The van der Waals surface area contributed by atoms with Crippen LogP contribution < -0.4 is 9.88 Å². The number of nitrogens with zero attached hydrogens (tertiary/aromatic N) is 1. The zero-order valence-corrected chi connectivity index (χ0v) is 11.5. The summed E-state index contributed by atoms with van der Waals surface area (Å²) >= 11 is 0. The summed E-state index contributed by atoms with van der Waals surface area (Å²) < 4.78 is 32.8. The first kappa shape index (κ1) is 14.7. The van der Waals surface area contributed by atoms with E-state index in [-0.39, 0.29) is 29.3 Å². The van der Waals surface area contributed by atoms with Gasteiger partial charge in [-0.3, -0.25) is 10.1 Å². The molecule has 9 heteroatoms. The highest BCUT2D eigenvalue weighted by molar-refractivity contribution is 7.89. The van der Waals surface area contributed by atoms with Crippen LogP contribution in [0.4, 0.5) is 5.69 Å². The lowest BCUT2D eigenvalue weighted by Gasteiger charge is -2.11. The van der Waals surface area contributed by atoms with Crippen molar-refractivity contribution in [3.05, 3.63) is 28.3 Å². The number of hydrogen-bond acceptors (Lipinski definition) is 6. The van der Waals surface area contributed by atoms with Crippen molar-refractivity contribution in [3.63, 3.8) is 0 Å². The number of nitro groups is 1. The Morgan fingerprint density at radius 3 is 2.75 bits per heavy atom.